The van der Waals surface area contributed by atoms with Gasteiger partial charge < -0.3 is 11.5 Å². The summed E-state index contributed by atoms with van der Waals surface area (Å²) >= 11 is 0. The number of anilines is 1. The summed E-state index contributed by atoms with van der Waals surface area (Å²) < 4.78 is 37.9. The number of primary amides is 1. The minimum atomic E-state index is -4.55. The van der Waals surface area contributed by atoms with Crippen molar-refractivity contribution in [2.24, 2.45) is 5.73 Å². The van der Waals surface area contributed by atoms with E-state index in [4.69, 9.17) is 11.5 Å². The highest BCUT2D eigenvalue weighted by molar-refractivity contribution is 5.82. The Morgan fingerprint density at radius 2 is 1.94 bits per heavy atom. The molecule has 16 heavy (non-hydrogen) atoms. The average Bonchev–Trinajstić information content (AvgIpc) is 2.15. The van der Waals surface area contributed by atoms with Crippen molar-refractivity contribution in [3.63, 3.8) is 0 Å². The maximum absolute atomic E-state index is 12.6. The van der Waals surface area contributed by atoms with E-state index in [0.29, 0.717) is 0 Å². The third-order valence-electron chi connectivity index (χ3n) is 2.28. The van der Waals surface area contributed by atoms with E-state index in [1.54, 1.807) is 0 Å². The first-order valence-electron chi connectivity index (χ1n) is 4.49. The molecule has 0 spiro atoms. The predicted octanol–water partition coefficient (Wildman–Crippen LogP) is 1.88. The first-order valence-corrected chi connectivity index (χ1v) is 4.49. The van der Waals surface area contributed by atoms with Crippen molar-refractivity contribution in [1.82, 2.24) is 0 Å². The molecule has 1 atom stereocenters. The zero-order chi connectivity index (χ0) is 12.5. The summed E-state index contributed by atoms with van der Waals surface area (Å²) in [6.45, 7) is 1.32. The normalized spacial score (nSPS) is 13.5. The Kier molecular flexibility index (Phi) is 3.11. The van der Waals surface area contributed by atoms with E-state index in [2.05, 4.69) is 0 Å². The largest absolute Gasteiger partial charge is 0.416 e. The number of hydrogen-bond donors (Lipinski definition) is 2. The molecule has 0 aliphatic carbocycles. The van der Waals surface area contributed by atoms with Crippen LogP contribution in [0.3, 0.4) is 0 Å². The van der Waals surface area contributed by atoms with Crippen LogP contribution in [0.5, 0.6) is 0 Å². The van der Waals surface area contributed by atoms with Crippen LogP contribution in [-0.4, -0.2) is 5.91 Å². The highest BCUT2D eigenvalue weighted by Gasteiger charge is 2.35. The van der Waals surface area contributed by atoms with Crippen LogP contribution >= 0.6 is 0 Å². The molecule has 1 amide bonds. The number of rotatable bonds is 2. The standard InChI is InChI=1S/C10H11F3N2O/c1-5(9(15)16)7-3-2-6(14)4-8(7)10(11,12)13/h2-5H,14H2,1H3,(H2,15,16). The molecule has 0 radical (unpaired) electrons. The zero-order valence-corrected chi connectivity index (χ0v) is 8.51. The molecule has 1 rings (SSSR count). The third kappa shape index (κ3) is 2.44. The quantitative estimate of drug-likeness (QED) is 0.764. The molecule has 88 valence electrons. The number of carbonyl (C=O) groups excluding carboxylic acids is 1. The van der Waals surface area contributed by atoms with Gasteiger partial charge in [-0.25, -0.2) is 0 Å². The van der Waals surface area contributed by atoms with Gasteiger partial charge in [0.1, 0.15) is 0 Å². The van der Waals surface area contributed by atoms with Crippen molar-refractivity contribution in [2.45, 2.75) is 19.0 Å². The van der Waals surface area contributed by atoms with Crippen LogP contribution in [0, 0.1) is 0 Å². The second-order valence-electron chi connectivity index (χ2n) is 3.47. The van der Waals surface area contributed by atoms with Crippen LogP contribution in [0.25, 0.3) is 0 Å². The van der Waals surface area contributed by atoms with E-state index in [1.807, 2.05) is 0 Å². The van der Waals surface area contributed by atoms with E-state index < -0.39 is 23.6 Å². The van der Waals surface area contributed by atoms with Gasteiger partial charge in [-0.1, -0.05) is 6.07 Å². The van der Waals surface area contributed by atoms with Crippen molar-refractivity contribution in [3.05, 3.63) is 29.3 Å². The molecule has 0 fully saturated rings. The van der Waals surface area contributed by atoms with E-state index in [-0.39, 0.29) is 11.3 Å². The molecule has 3 nitrogen and oxygen atoms in total. The summed E-state index contributed by atoms with van der Waals surface area (Å²) in [5.74, 6) is -1.81. The molecule has 0 saturated carbocycles. The summed E-state index contributed by atoms with van der Waals surface area (Å²) in [5.41, 5.74) is 9.18. The molecule has 0 aliphatic rings. The molecule has 0 heterocycles. The molecule has 0 saturated heterocycles. The van der Waals surface area contributed by atoms with Crippen LogP contribution in [0.15, 0.2) is 18.2 Å². The Balaban J connectivity index is 3.34. The van der Waals surface area contributed by atoms with Gasteiger partial charge >= 0.3 is 6.18 Å². The Hall–Kier alpha value is -1.72. The molecule has 1 aromatic carbocycles. The van der Waals surface area contributed by atoms with Crippen molar-refractivity contribution in [3.8, 4) is 0 Å². The van der Waals surface area contributed by atoms with Gasteiger partial charge in [0.2, 0.25) is 5.91 Å². The lowest BCUT2D eigenvalue weighted by Crippen LogP contribution is -2.22. The molecule has 6 heteroatoms. The SMILES string of the molecule is CC(C(N)=O)c1ccc(N)cc1C(F)(F)F. The molecule has 0 aromatic heterocycles. The van der Waals surface area contributed by atoms with Gasteiger partial charge in [-0.15, -0.1) is 0 Å². The van der Waals surface area contributed by atoms with Gasteiger partial charge in [0.15, 0.2) is 0 Å². The Bertz CT molecular complexity index is 415. The van der Waals surface area contributed by atoms with Crippen LogP contribution in [0.1, 0.15) is 24.0 Å². The average molecular weight is 232 g/mol. The minimum absolute atomic E-state index is 0.00672. The fraction of sp³-hybridized carbons (Fsp3) is 0.300. The number of nitrogens with two attached hydrogens (primary N) is 2. The smallest absolute Gasteiger partial charge is 0.399 e. The summed E-state index contributed by atoms with van der Waals surface area (Å²) in [5, 5.41) is 0. The Labute approximate surface area is 90.2 Å². The van der Waals surface area contributed by atoms with Crippen LogP contribution < -0.4 is 11.5 Å². The lowest BCUT2D eigenvalue weighted by molar-refractivity contribution is -0.138. The molecular formula is C10H11F3N2O. The molecule has 0 bridgehead atoms. The second kappa shape index (κ2) is 4.03. The third-order valence-corrected chi connectivity index (χ3v) is 2.28. The molecule has 1 unspecified atom stereocenters. The van der Waals surface area contributed by atoms with Crippen molar-refractivity contribution in [2.75, 3.05) is 5.73 Å². The lowest BCUT2D eigenvalue weighted by Gasteiger charge is -2.16. The van der Waals surface area contributed by atoms with Crippen LogP contribution in [0.2, 0.25) is 0 Å². The van der Waals surface area contributed by atoms with E-state index in [1.165, 1.54) is 19.1 Å². The fourth-order valence-corrected chi connectivity index (χ4v) is 1.35. The summed E-state index contributed by atoms with van der Waals surface area (Å²) in [7, 11) is 0. The first-order chi connectivity index (χ1) is 7.23. The molecule has 0 aliphatic heterocycles. The minimum Gasteiger partial charge on any atom is -0.399 e. The van der Waals surface area contributed by atoms with E-state index in [9.17, 15) is 18.0 Å². The lowest BCUT2D eigenvalue weighted by atomic mass is 9.94. The maximum Gasteiger partial charge on any atom is 0.416 e. The van der Waals surface area contributed by atoms with E-state index >= 15 is 0 Å². The van der Waals surface area contributed by atoms with E-state index in [0.717, 1.165) is 6.07 Å². The van der Waals surface area contributed by atoms with Gasteiger partial charge in [0.05, 0.1) is 11.5 Å². The van der Waals surface area contributed by atoms with Crippen molar-refractivity contribution >= 4 is 11.6 Å². The fourth-order valence-electron chi connectivity index (χ4n) is 1.35. The van der Waals surface area contributed by atoms with Gasteiger partial charge in [-0.3, -0.25) is 4.79 Å². The number of hydrogen-bond acceptors (Lipinski definition) is 2. The topological polar surface area (TPSA) is 69.1 Å². The van der Waals surface area contributed by atoms with Crippen LogP contribution in [0.4, 0.5) is 18.9 Å². The van der Waals surface area contributed by atoms with Gasteiger partial charge in [-0.2, -0.15) is 13.2 Å². The first kappa shape index (κ1) is 12.4. The number of amides is 1. The van der Waals surface area contributed by atoms with Crippen molar-refractivity contribution in [1.29, 1.82) is 0 Å². The van der Waals surface area contributed by atoms with Crippen LogP contribution in [-0.2, 0) is 11.0 Å². The number of alkyl halides is 3. The van der Waals surface area contributed by atoms with Gasteiger partial charge in [0.25, 0.3) is 0 Å². The predicted molar refractivity (Wildman–Crippen MR) is 53.5 cm³/mol. The number of benzene rings is 1. The van der Waals surface area contributed by atoms with Gasteiger partial charge in [-0.05, 0) is 24.6 Å². The number of carbonyl (C=O) groups is 1. The Morgan fingerprint density at radius 1 is 1.38 bits per heavy atom. The Morgan fingerprint density at radius 3 is 2.38 bits per heavy atom. The zero-order valence-electron chi connectivity index (χ0n) is 8.51. The molecule has 1 aromatic rings. The van der Waals surface area contributed by atoms with Crippen molar-refractivity contribution < 1.29 is 18.0 Å². The van der Waals surface area contributed by atoms with Gasteiger partial charge in [0, 0.05) is 5.69 Å². The molecule has 4 N–H and O–H groups in total. The summed E-state index contributed by atoms with van der Waals surface area (Å²) in [4.78, 5) is 10.9. The summed E-state index contributed by atoms with van der Waals surface area (Å²) in [6, 6.07) is 3.28. The second-order valence-corrected chi connectivity index (χ2v) is 3.47. The summed E-state index contributed by atoms with van der Waals surface area (Å²) in [6.07, 6.45) is -4.55. The monoisotopic (exact) mass is 232 g/mol. The highest BCUT2D eigenvalue weighted by Crippen LogP contribution is 2.36. The number of nitrogen functional groups attached to an aromatic ring is 1. The number of halogens is 3. The molecular weight excluding hydrogens is 221 g/mol. The maximum atomic E-state index is 12.6. The highest BCUT2D eigenvalue weighted by atomic mass is 19.4.